The molecule has 14 heteroatoms. The van der Waals surface area contributed by atoms with E-state index in [1.807, 2.05) is 12.1 Å². The fourth-order valence-electron chi connectivity index (χ4n) is 6.35. The first-order valence-corrected chi connectivity index (χ1v) is 19.6. The van der Waals surface area contributed by atoms with Crippen LogP contribution in [0.25, 0.3) is 0 Å². The molecule has 6 rings (SSSR count). The maximum atomic E-state index is 14.0. The number of amides is 3. The Labute approximate surface area is 345 Å². The van der Waals surface area contributed by atoms with Gasteiger partial charge in [0, 0.05) is 16.3 Å². The first-order chi connectivity index (χ1) is 29.4. The van der Waals surface area contributed by atoms with Crippen molar-refractivity contribution in [3.63, 3.8) is 0 Å². The monoisotopic (exact) mass is 810 g/mol. The number of nitrogens with one attached hydrogen (secondary N) is 2. The van der Waals surface area contributed by atoms with Gasteiger partial charge in [0.05, 0.1) is 14.2 Å². The maximum Gasteiger partial charge on any atom is 0.408 e. The predicted octanol–water partition coefficient (Wildman–Crippen LogP) is 6.22. The molecule has 0 spiro atoms. The van der Waals surface area contributed by atoms with Gasteiger partial charge in [0.1, 0.15) is 47.9 Å². The van der Waals surface area contributed by atoms with Crippen LogP contribution in [0.15, 0.2) is 120 Å². The molecule has 4 aromatic rings. The Bertz CT molecular complexity index is 2170. The number of fused-ring (bicyclic) bond motifs is 1. The highest BCUT2D eigenvalue weighted by Gasteiger charge is 2.54. The summed E-state index contributed by atoms with van der Waals surface area (Å²) in [7, 11) is 3.07. The summed E-state index contributed by atoms with van der Waals surface area (Å²) in [5.74, 6) is -1.78. The van der Waals surface area contributed by atoms with Gasteiger partial charge in [-0.2, -0.15) is 0 Å². The van der Waals surface area contributed by atoms with Gasteiger partial charge in [0.2, 0.25) is 5.91 Å². The number of β-lactam (4-membered cyclic amide) rings is 1. The van der Waals surface area contributed by atoms with Gasteiger partial charge >= 0.3 is 18.0 Å². The minimum atomic E-state index is -2.71. The second-order valence-corrected chi connectivity index (χ2v) is 14.5. The van der Waals surface area contributed by atoms with Gasteiger partial charge in [0.15, 0.2) is 6.10 Å². The van der Waals surface area contributed by atoms with Crippen LogP contribution in [0.5, 0.6) is 11.5 Å². The first-order valence-electron chi connectivity index (χ1n) is 20.0. The fourth-order valence-corrected chi connectivity index (χ4v) is 7.56. The molecular weight excluding hydrogens is 763 g/mol. The molecule has 0 aliphatic carbocycles. The Kier molecular flexibility index (Phi) is 12.7. The van der Waals surface area contributed by atoms with E-state index in [0.29, 0.717) is 33.8 Å². The van der Waals surface area contributed by atoms with E-state index in [0.717, 1.165) is 16.7 Å². The summed E-state index contributed by atoms with van der Waals surface area (Å²) in [6, 6.07) is 29.4. The predicted molar refractivity (Wildman–Crippen MR) is 215 cm³/mol. The summed E-state index contributed by atoms with van der Waals surface area (Å²) in [4.78, 5) is 68.2. The van der Waals surface area contributed by atoms with Gasteiger partial charge in [-0.3, -0.25) is 14.5 Å². The molecular formula is C44H45N3O10S. The molecule has 3 amide bonds. The number of nitrogens with zero attached hydrogens (tertiary/aromatic N) is 1. The molecule has 1 saturated heterocycles. The lowest BCUT2D eigenvalue weighted by atomic mass is 10.0. The van der Waals surface area contributed by atoms with Crippen molar-refractivity contribution in [1.82, 2.24) is 15.5 Å². The van der Waals surface area contributed by atoms with Gasteiger partial charge in [0.25, 0.3) is 5.91 Å². The van der Waals surface area contributed by atoms with Crippen LogP contribution in [0.4, 0.5) is 4.79 Å². The summed E-state index contributed by atoms with van der Waals surface area (Å²) in [6.07, 6.45) is -1.84. The van der Waals surface area contributed by atoms with Crippen LogP contribution in [0.3, 0.4) is 0 Å². The molecule has 4 aromatic carbocycles. The van der Waals surface area contributed by atoms with Crippen LogP contribution in [0.2, 0.25) is 0 Å². The molecule has 2 N–H and O–H groups in total. The third-order valence-electron chi connectivity index (χ3n) is 9.45. The zero-order valence-electron chi connectivity index (χ0n) is 34.9. The van der Waals surface area contributed by atoms with Crippen molar-refractivity contribution in [2.24, 2.45) is 0 Å². The van der Waals surface area contributed by atoms with E-state index in [-0.39, 0.29) is 49.5 Å². The van der Waals surface area contributed by atoms with Crippen LogP contribution in [-0.2, 0) is 46.6 Å². The number of carbonyl (C=O) groups excluding carboxylic acids is 5. The van der Waals surface area contributed by atoms with Crippen molar-refractivity contribution in [3.8, 4) is 11.5 Å². The number of ether oxygens (including phenoxy) is 5. The number of hydrogen-bond donors (Lipinski definition) is 2. The number of hydrogen-bond acceptors (Lipinski definition) is 11. The molecule has 0 radical (unpaired) electrons. The van der Waals surface area contributed by atoms with E-state index in [2.05, 4.69) is 10.6 Å². The molecule has 302 valence electrons. The van der Waals surface area contributed by atoms with E-state index >= 15 is 0 Å². The Balaban J connectivity index is 1.08. The standard InChI is InChI=1S/C44H45N3O10S/c1-28-27-58-41-37(40(49)47(41)38(28)43(51)57-39(31-11-6-4-7-12-31)32-13-8-5-9-14-32)46-36(48)16-10-15-35(42(50)55-25-29-17-21-33(53-2)22-18-29)45-44(52)56-26-30-19-23-34(54-3)24-20-30/h4-9,11-14,17-24,35,37,39,41H,10,15-16,25-27H2,1-3H3,(H,45,52)(H,46,48)/t35-,37-,41-/m1/s1/i1D3. The second-order valence-electron chi connectivity index (χ2n) is 13.4. The highest BCUT2D eigenvalue weighted by molar-refractivity contribution is 8.00. The molecule has 0 saturated carbocycles. The van der Waals surface area contributed by atoms with Crippen molar-refractivity contribution >= 4 is 41.6 Å². The average molecular weight is 811 g/mol. The van der Waals surface area contributed by atoms with Crippen LogP contribution in [0, 0.1) is 0 Å². The first kappa shape index (κ1) is 37.3. The Morgan fingerprint density at radius 1 is 0.810 bits per heavy atom. The minimum Gasteiger partial charge on any atom is -0.497 e. The van der Waals surface area contributed by atoms with Gasteiger partial charge in [-0.1, -0.05) is 84.9 Å². The lowest BCUT2D eigenvalue weighted by molar-refractivity contribution is -0.154. The van der Waals surface area contributed by atoms with Crippen LogP contribution >= 0.6 is 11.8 Å². The molecule has 0 unspecified atom stereocenters. The minimum absolute atomic E-state index is 0.0138. The molecule has 0 bridgehead atoms. The summed E-state index contributed by atoms with van der Waals surface area (Å²) in [5.41, 5.74) is 2.07. The van der Waals surface area contributed by atoms with Crippen molar-refractivity contribution in [2.45, 2.75) is 62.9 Å². The highest BCUT2D eigenvalue weighted by Crippen LogP contribution is 2.41. The Morgan fingerprint density at radius 2 is 1.38 bits per heavy atom. The zero-order valence-corrected chi connectivity index (χ0v) is 32.7. The number of methoxy groups -OCH3 is 2. The smallest absolute Gasteiger partial charge is 0.408 e. The fraction of sp³-hybridized carbons (Fsp3) is 0.295. The molecule has 13 nitrogen and oxygen atoms in total. The number of esters is 2. The largest absolute Gasteiger partial charge is 0.497 e. The highest BCUT2D eigenvalue weighted by atomic mass is 32.2. The number of alkyl carbamates (subject to hydrolysis) is 1. The third kappa shape index (κ3) is 10.4. The van der Waals surface area contributed by atoms with Gasteiger partial charge in [-0.25, -0.2) is 14.4 Å². The van der Waals surface area contributed by atoms with E-state index in [1.54, 1.807) is 97.1 Å². The maximum absolute atomic E-state index is 14.0. The number of carbonyl (C=O) groups is 5. The van der Waals surface area contributed by atoms with Crippen LogP contribution in [0.1, 0.15) is 58.6 Å². The van der Waals surface area contributed by atoms with E-state index in [1.165, 1.54) is 14.2 Å². The SMILES string of the molecule is [2H]C([2H])([2H])C1=C(C(=O)OC(c2ccccc2)c2ccccc2)N2C(=O)[C@@H](NC(=O)CCC[C@@H](NC(=O)OCc3ccc(OC)cc3)C(=O)OCc3ccc(OC)cc3)[C@H]2SC1. The van der Waals surface area contributed by atoms with Gasteiger partial charge < -0.3 is 34.3 Å². The van der Waals surface area contributed by atoms with Crippen LogP contribution < -0.4 is 20.1 Å². The third-order valence-corrected chi connectivity index (χ3v) is 10.7. The van der Waals surface area contributed by atoms with E-state index in [9.17, 15) is 24.0 Å². The normalized spacial score (nSPS) is 17.3. The summed E-state index contributed by atoms with van der Waals surface area (Å²) in [5, 5.41) is 4.47. The summed E-state index contributed by atoms with van der Waals surface area (Å²) >= 11 is 1.11. The molecule has 58 heavy (non-hydrogen) atoms. The molecule has 0 aromatic heterocycles. The molecule has 1 fully saturated rings. The van der Waals surface area contributed by atoms with E-state index in [4.69, 9.17) is 27.8 Å². The van der Waals surface area contributed by atoms with Crippen molar-refractivity contribution in [2.75, 3.05) is 20.0 Å². The Hall–Kier alpha value is -6.28. The van der Waals surface area contributed by atoms with Gasteiger partial charge in [-0.05, 0) is 71.8 Å². The molecule has 3 atom stereocenters. The Morgan fingerprint density at radius 3 is 1.93 bits per heavy atom. The van der Waals surface area contributed by atoms with E-state index < -0.39 is 60.3 Å². The molecule has 2 aliphatic heterocycles. The quantitative estimate of drug-likeness (QED) is 0.0709. The van der Waals surface area contributed by atoms with Crippen molar-refractivity contribution in [1.29, 1.82) is 0 Å². The zero-order chi connectivity index (χ0) is 43.5. The van der Waals surface area contributed by atoms with Crippen LogP contribution in [-0.4, -0.2) is 72.2 Å². The number of benzene rings is 4. The number of thioether (sulfide) groups is 1. The second kappa shape index (κ2) is 19.7. The molecule has 2 aliphatic rings. The van der Waals surface area contributed by atoms with Crippen molar-refractivity contribution < 1.29 is 51.8 Å². The molecule has 2 heterocycles. The lowest BCUT2D eigenvalue weighted by Gasteiger charge is -2.49. The lowest BCUT2D eigenvalue weighted by Crippen LogP contribution is -2.70. The van der Waals surface area contributed by atoms with Gasteiger partial charge in [-0.15, -0.1) is 11.8 Å². The number of rotatable bonds is 17. The topological polar surface area (TPSA) is 159 Å². The summed E-state index contributed by atoms with van der Waals surface area (Å²) in [6.45, 7) is -2.88. The van der Waals surface area contributed by atoms with Crippen molar-refractivity contribution in [3.05, 3.63) is 143 Å². The summed E-state index contributed by atoms with van der Waals surface area (Å²) < 4.78 is 51.7. The average Bonchev–Trinajstić information content (AvgIpc) is 3.28.